The maximum absolute atomic E-state index is 10.3. The van der Waals surface area contributed by atoms with Crippen LogP contribution in [0.4, 0.5) is 0 Å². The average molecular weight is 166 g/mol. The van der Waals surface area contributed by atoms with E-state index in [2.05, 4.69) is 26.3 Å². The van der Waals surface area contributed by atoms with Gasteiger partial charge in [-0.1, -0.05) is 25.3 Å². The van der Waals surface area contributed by atoms with Crippen molar-refractivity contribution in [1.29, 1.82) is 0 Å². The molecule has 0 unspecified atom stereocenters. The fourth-order valence-electron chi connectivity index (χ4n) is 0.513. The number of hydrogen-bond acceptors (Lipinski definition) is 1. The molecule has 0 amide bonds. The minimum Gasteiger partial charge on any atom is -0.478 e. The van der Waals surface area contributed by atoms with Crippen LogP contribution in [0.5, 0.6) is 0 Å². The first-order valence-corrected chi connectivity index (χ1v) is 3.32. The molecule has 0 aromatic carbocycles. The Morgan fingerprint density at radius 2 is 1.58 bits per heavy atom. The van der Waals surface area contributed by atoms with E-state index >= 15 is 0 Å². The van der Waals surface area contributed by atoms with E-state index in [0.717, 1.165) is 0 Å². The van der Waals surface area contributed by atoms with Crippen LogP contribution in [0.25, 0.3) is 0 Å². The van der Waals surface area contributed by atoms with Gasteiger partial charge in [0.15, 0.2) is 0 Å². The van der Waals surface area contributed by atoms with Crippen LogP contribution in [-0.4, -0.2) is 11.1 Å². The second-order valence-electron chi connectivity index (χ2n) is 1.79. The Labute approximate surface area is 73.2 Å². The Bertz CT molecular complexity index is 202. The molecular formula is C10H14O2. The zero-order valence-electron chi connectivity index (χ0n) is 7.34. The van der Waals surface area contributed by atoms with Gasteiger partial charge in [0.1, 0.15) is 0 Å². The molecule has 0 fully saturated rings. The van der Waals surface area contributed by atoms with Gasteiger partial charge in [-0.2, -0.15) is 0 Å². The molecule has 0 aliphatic carbocycles. The molecule has 0 aromatic rings. The first-order valence-electron chi connectivity index (χ1n) is 3.32. The second-order valence-corrected chi connectivity index (χ2v) is 1.79. The van der Waals surface area contributed by atoms with Gasteiger partial charge in [-0.05, 0) is 12.5 Å². The zero-order chi connectivity index (χ0) is 10.1. The molecule has 1 N–H and O–H groups in total. The van der Waals surface area contributed by atoms with Crippen molar-refractivity contribution in [2.45, 2.75) is 6.92 Å². The molecule has 2 heteroatoms. The lowest BCUT2D eigenvalue weighted by molar-refractivity contribution is -0.132. The summed E-state index contributed by atoms with van der Waals surface area (Å²) in [6.45, 7) is 14.4. The minimum absolute atomic E-state index is 0.269. The highest BCUT2D eigenvalue weighted by molar-refractivity contribution is 5.88. The number of aliphatic carboxylic acids is 1. The smallest absolute Gasteiger partial charge is 0.331 e. The van der Waals surface area contributed by atoms with Crippen LogP contribution in [-0.2, 0) is 4.79 Å². The maximum Gasteiger partial charge on any atom is 0.331 e. The summed E-state index contributed by atoms with van der Waals surface area (Å²) >= 11 is 0. The molecule has 66 valence electrons. The van der Waals surface area contributed by atoms with E-state index in [-0.39, 0.29) is 5.57 Å². The molecule has 0 rings (SSSR count). The van der Waals surface area contributed by atoms with Gasteiger partial charge in [0.05, 0.1) is 0 Å². The largest absolute Gasteiger partial charge is 0.478 e. The van der Waals surface area contributed by atoms with Gasteiger partial charge in [0, 0.05) is 5.57 Å². The van der Waals surface area contributed by atoms with Crippen molar-refractivity contribution in [3.8, 4) is 0 Å². The third-order valence-corrected chi connectivity index (χ3v) is 1.19. The lowest BCUT2D eigenvalue weighted by Gasteiger charge is -1.95. The molecule has 0 radical (unpaired) electrons. The van der Waals surface area contributed by atoms with E-state index in [1.54, 1.807) is 0 Å². The van der Waals surface area contributed by atoms with Gasteiger partial charge in [-0.3, -0.25) is 0 Å². The van der Waals surface area contributed by atoms with Crippen LogP contribution < -0.4 is 0 Å². The van der Waals surface area contributed by atoms with Gasteiger partial charge in [0.25, 0.3) is 0 Å². The molecule has 0 aliphatic rings. The molecule has 0 heterocycles. The van der Waals surface area contributed by atoms with E-state index in [9.17, 15) is 4.79 Å². The number of carbonyl (C=O) groups is 1. The molecule has 0 saturated carbocycles. The van der Waals surface area contributed by atoms with E-state index in [1.165, 1.54) is 19.1 Å². The summed E-state index contributed by atoms with van der Waals surface area (Å²) in [6, 6.07) is 0. The zero-order valence-corrected chi connectivity index (χ0v) is 7.34. The molecular weight excluding hydrogens is 152 g/mol. The molecule has 12 heavy (non-hydrogen) atoms. The molecule has 0 atom stereocenters. The maximum atomic E-state index is 10.3. The fraction of sp³-hybridized carbons (Fsp3) is 0.100. The SMILES string of the molecule is C=C.C=CC(C=C)=C(C)C(=O)O. The first kappa shape index (κ1) is 13.1. The predicted octanol–water partition coefficient (Wildman–Crippen LogP) is 2.56. The highest BCUT2D eigenvalue weighted by Crippen LogP contribution is 2.05. The van der Waals surface area contributed by atoms with Crippen molar-refractivity contribution in [3.05, 3.63) is 49.6 Å². The van der Waals surface area contributed by atoms with Gasteiger partial charge in [-0.15, -0.1) is 13.2 Å². The Kier molecular flexibility index (Phi) is 8.20. The Morgan fingerprint density at radius 3 is 1.67 bits per heavy atom. The third-order valence-electron chi connectivity index (χ3n) is 1.19. The average Bonchev–Trinajstić information content (AvgIpc) is 2.10. The molecule has 0 aromatic heterocycles. The highest BCUT2D eigenvalue weighted by Gasteiger charge is 2.02. The number of carboxylic acids is 1. The summed E-state index contributed by atoms with van der Waals surface area (Å²) in [7, 11) is 0. The molecule has 0 bridgehead atoms. The van der Waals surface area contributed by atoms with Crippen molar-refractivity contribution >= 4 is 5.97 Å². The Balaban J connectivity index is 0. The quantitative estimate of drug-likeness (QED) is 0.397. The normalized spacial score (nSPS) is 7.08. The highest BCUT2D eigenvalue weighted by atomic mass is 16.4. The summed E-state index contributed by atoms with van der Waals surface area (Å²) in [5.74, 6) is -0.935. The van der Waals surface area contributed by atoms with Gasteiger partial charge >= 0.3 is 5.97 Å². The number of allylic oxidation sites excluding steroid dienone is 3. The van der Waals surface area contributed by atoms with Crippen molar-refractivity contribution in [2.24, 2.45) is 0 Å². The number of rotatable bonds is 3. The van der Waals surface area contributed by atoms with Crippen LogP contribution in [0, 0.1) is 0 Å². The van der Waals surface area contributed by atoms with E-state index in [0.29, 0.717) is 5.57 Å². The van der Waals surface area contributed by atoms with Crippen molar-refractivity contribution in [1.82, 2.24) is 0 Å². The lowest BCUT2D eigenvalue weighted by Crippen LogP contribution is -1.98. The van der Waals surface area contributed by atoms with Crippen LogP contribution in [0.2, 0.25) is 0 Å². The Morgan fingerprint density at radius 1 is 1.25 bits per heavy atom. The van der Waals surface area contributed by atoms with E-state index in [4.69, 9.17) is 5.11 Å². The predicted molar refractivity (Wildman–Crippen MR) is 52.0 cm³/mol. The standard InChI is InChI=1S/C8H10O2.C2H4/c1-4-7(5-2)6(3)8(9)10;1-2/h4-5H,1-2H2,3H3,(H,9,10);1-2H2. The fourth-order valence-corrected chi connectivity index (χ4v) is 0.513. The summed E-state index contributed by atoms with van der Waals surface area (Å²) in [5.41, 5.74) is 0.831. The molecule has 0 spiro atoms. The van der Waals surface area contributed by atoms with Crippen LogP contribution >= 0.6 is 0 Å². The van der Waals surface area contributed by atoms with Crippen molar-refractivity contribution in [3.63, 3.8) is 0 Å². The van der Waals surface area contributed by atoms with E-state index in [1.807, 2.05) is 0 Å². The van der Waals surface area contributed by atoms with Gasteiger partial charge in [-0.25, -0.2) is 4.79 Å². The number of carboxylic acid groups (broad SMARTS) is 1. The molecule has 2 nitrogen and oxygen atoms in total. The lowest BCUT2D eigenvalue weighted by atomic mass is 10.1. The minimum atomic E-state index is -0.935. The van der Waals surface area contributed by atoms with Crippen LogP contribution in [0.15, 0.2) is 49.6 Å². The molecule has 0 saturated heterocycles. The van der Waals surface area contributed by atoms with Crippen LogP contribution in [0.1, 0.15) is 6.92 Å². The molecule has 0 aliphatic heterocycles. The summed E-state index contributed by atoms with van der Waals surface area (Å²) in [6.07, 6.45) is 2.94. The van der Waals surface area contributed by atoms with E-state index < -0.39 is 5.97 Å². The first-order chi connectivity index (χ1) is 5.63. The number of hydrogen-bond donors (Lipinski definition) is 1. The topological polar surface area (TPSA) is 37.3 Å². The summed E-state index contributed by atoms with van der Waals surface area (Å²) < 4.78 is 0. The van der Waals surface area contributed by atoms with Crippen molar-refractivity contribution < 1.29 is 9.90 Å². The van der Waals surface area contributed by atoms with Crippen molar-refractivity contribution in [2.75, 3.05) is 0 Å². The van der Waals surface area contributed by atoms with Gasteiger partial charge < -0.3 is 5.11 Å². The summed E-state index contributed by atoms with van der Waals surface area (Å²) in [4.78, 5) is 10.3. The Hall–Kier alpha value is -1.57. The second kappa shape index (κ2) is 7.54. The monoisotopic (exact) mass is 166 g/mol. The van der Waals surface area contributed by atoms with Gasteiger partial charge in [0.2, 0.25) is 0 Å². The summed E-state index contributed by atoms with van der Waals surface area (Å²) in [5, 5.41) is 8.46. The van der Waals surface area contributed by atoms with Crippen LogP contribution in [0.3, 0.4) is 0 Å². The third kappa shape index (κ3) is 4.28.